The van der Waals surface area contributed by atoms with Gasteiger partial charge < -0.3 is 9.73 Å². The van der Waals surface area contributed by atoms with E-state index in [1.54, 1.807) is 6.20 Å². The summed E-state index contributed by atoms with van der Waals surface area (Å²) in [5, 5.41) is 13.0. The van der Waals surface area contributed by atoms with Crippen molar-refractivity contribution in [2.24, 2.45) is 9.98 Å². The quantitative estimate of drug-likeness (QED) is 0.223. The Morgan fingerprint density at radius 1 is 0.605 bits per heavy atom. The van der Waals surface area contributed by atoms with Gasteiger partial charge in [0.25, 0.3) is 0 Å². The zero-order chi connectivity index (χ0) is 28.3. The lowest BCUT2D eigenvalue weighted by molar-refractivity contribution is 0.667. The van der Waals surface area contributed by atoms with Crippen LogP contribution in [0.2, 0.25) is 0 Å². The summed E-state index contributed by atoms with van der Waals surface area (Å²) < 4.78 is 6.16. The zero-order valence-corrected chi connectivity index (χ0v) is 23.0. The Labute approximate surface area is 246 Å². The van der Waals surface area contributed by atoms with Gasteiger partial charge in [0.1, 0.15) is 23.2 Å². The highest BCUT2D eigenvalue weighted by Gasteiger charge is 2.24. The molecule has 0 saturated carbocycles. The Balaban J connectivity index is 1.23. The van der Waals surface area contributed by atoms with E-state index in [0.717, 1.165) is 49.9 Å². The molecule has 8 aromatic rings. The van der Waals surface area contributed by atoms with Crippen LogP contribution >= 0.6 is 0 Å². The third kappa shape index (κ3) is 3.82. The summed E-state index contributed by atoms with van der Waals surface area (Å²) in [6, 6.07) is 42.2. The minimum atomic E-state index is -0.297. The van der Waals surface area contributed by atoms with Crippen LogP contribution in [0.4, 0.5) is 0 Å². The molecule has 5 heteroatoms. The Hall–Kier alpha value is -5.81. The smallest absolute Gasteiger partial charge is 0.159 e. The fourth-order valence-electron chi connectivity index (χ4n) is 6.36. The van der Waals surface area contributed by atoms with Crippen LogP contribution in [0.1, 0.15) is 22.9 Å². The first-order valence-electron chi connectivity index (χ1n) is 14.4. The van der Waals surface area contributed by atoms with Gasteiger partial charge in [-0.15, -0.1) is 0 Å². The maximum absolute atomic E-state index is 6.16. The number of furan rings is 1. The van der Waals surface area contributed by atoms with Gasteiger partial charge in [-0.3, -0.25) is 4.98 Å². The van der Waals surface area contributed by atoms with Crippen LogP contribution in [0.3, 0.4) is 0 Å². The fraction of sp³-hybridized carbons (Fsp3) is 0.0263. The maximum atomic E-state index is 6.16. The van der Waals surface area contributed by atoms with Crippen LogP contribution in [-0.2, 0) is 0 Å². The molecule has 0 aliphatic carbocycles. The van der Waals surface area contributed by atoms with Crippen molar-refractivity contribution in [3.05, 3.63) is 150 Å². The van der Waals surface area contributed by atoms with Crippen LogP contribution in [0.25, 0.3) is 54.3 Å². The number of hydrogen-bond donors (Lipinski definition) is 1. The van der Waals surface area contributed by atoms with Crippen molar-refractivity contribution in [1.82, 2.24) is 10.3 Å². The molecule has 6 aromatic carbocycles. The zero-order valence-electron chi connectivity index (χ0n) is 23.0. The summed E-state index contributed by atoms with van der Waals surface area (Å²) in [6.45, 7) is 0. The minimum Gasteiger partial charge on any atom is -0.456 e. The molecular weight excluding hydrogens is 528 g/mol. The molecular formula is C38H24N4O. The standard InChI is InChI=1S/C38H24N4O/c1-2-8-24(9-3-1)36-40-37(42-38(41-36)31-11-6-12-34-35(31)32-22-39-20-19-33(32)43-34)26-15-16-28-25(21-26)14-18-29-27-10-5-4-7-23(27)13-17-30(28)29/h1-22,36H,(H,40,41,42). The topological polar surface area (TPSA) is 62.8 Å². The Kier molecular flexibility index (Phi) is 5.19. The van der Waals surface area contributed by atoms with E-state index in [1.165, 1.54) is 26.9 Å². The molecule has 5 nitrogen and oxygen atoms in total. The fourth-order valence-corrected chi connectivity index (χ4v) is 6.36. The number of rotatable bonds is 3. The summed E-state index contributed by atoms with van der Waals surface area (Å²) in [5.41, 5.74) is 4.60. The Morgan fingerprint density at radius 2 is 1.40 bits per heavy atom. The van der Waals surface area contributed by atoms with Crippen LogP contribution in [0, 0.1) is 0 Å². The molecule has 0 spiro atoms. The molecule has 0 fully saturated rings. The molecule has 0 bridgehead atoms. The maximum Gasteiger partial charge on any atom is 0.159 e. The van der Waals surface area contributed by atoms with Crippen molar-refractivity contribution in [3.63, 3.8) is 0 Å². The molecule has 0 amide bonds. The largest absolute Gasteiger partial charge is 0.456 e. The molecule has 1 atom stereocenters. The third-order valence-corrected chi connectivity index (χ3v) is 8.41. The highest BCUT2D eigenvalue weighted by molar-refractivity contribution is 6.22. The van der Waals surface area contributed by atoms with Crippen molar-refractivity contribution < 1.29 is 4.42 Å². The predicted octanol–water partition coefficient (Wildman–Crippen LogP) is 8.94. The van der Waals surface area contributed by atoms with Crippen LogP contribution < -0.4 is 5.32 Å². The molecule has 0 radical (unpaired) electrons. The Bertz CT molecular complexity index is 2440. The van der Waals surface area contributed by atoms with E-state index in [0.29, 0.717) is 5.84 Å². The molecule has 43 heavy (non-hydrogen) atoms. The number of nitrogens with one attached hydrogen (secondary N) is 1. The highest BCUT2D eigenvalue weighted by atomic mass is 16.3. The molecule has 2 aromatic heterocycles. The van der Waals surface area contributed by atoms with E-state index in [1.807, 2.05) is 42.6 Å². The van der Waals surface area contributed by atoms with Crippen LogP contribution in [0.15, 0.2) is 148 Å². The normalized spacial score (nSPS) is 15.2. The van der Waals surface area contributed by atoms with E-state index in [9.17, 15) is 0 Å². The number of fused-ring (bicyclic) bond motifs is 8. The minimum absolute atomic E-state index is 0.297. The van der Waals surface area contributed by atoms with Gasteiger partial charge in [-0.05, 0) is 56.1 Å². The summed E-state index contributed by atoms with van der Waals surface area (Å²) in [4.78, 5) is 14.6. The van der Waals surface area contributed by atoms with Gasteiger partial charge in [-0.2, -0.15) is 0 Å². The lowest BCUT2D eigenvalue weighted by atomic mass is 9.96. The van der Waals surface area contributed by atoms with Crippen LogP contribution in [-0.4, -0.2) is 16.7 Å². The van der Waals surface area contributed by atoms with Crippen LogP contribution in [0.5, 0.6) is 0 Å². The number of aliphatic imine (C=N–C) groups is 2. The van der Waals surface area contributed by atoms with Gasteiger partial charge in [-0.25, -0.2) is 9.98 Å². The lowest BCUT2D eigenvalue weighted by Gasteiger charge is -2.24. The van der Waals surface area contributed by atoms with E-state index in [4.69, 9.17) is 14.4 Å². The Morgan fingerprint density at radius 3 is 2.30 bits per heavy atom. The number of nitrogens with zero attached hydrogens (tertiary/aromatic N) is 3. The van der Waals surface area contributed by atoms with Gasteiger partial charge in [0, 0.05) is 34.3 Å². The van der Waals surface area contributed by atoms with Gasteiger partial charge in [0.2, 0.25) is 0 Å². The molecule has 202 valence electrons. The average molecular weight is 553 g/mol. The lowest BCUT2D eigenvalue weighted by Crippen LogP contribution is -2.33. The highest BCUT2D eigenvalue weighted by Crippen LogP contribution is 2.34. The van der Waals surface area contributed by atoms with E-state index >= 15 is 0 Å². The number of hydrogen-bond acceptors (Lipinski definition) is 5. The van der Waals surface area contributed by atoms with Gasteiger partial charge in [0.05, 0.1) is 0 Å². The summed E-state index contributed by atoms with van der Waals surface area (Å²) >= 11 is 0. The van der Waals surface area contributed by atoms with E-state index in [-0.39, 0.29) is 6.17 Å². The number of benzene rings is 6. The second kappa shape index (κ2) is 9.36. The summed E-state index contributed by atoms with van der Waals surface area (Å²) in [7, 11) is 0. The molecule has 9 rings (SSSR count). The third-order valence-electron chi connectivity index (χ3n) is 8.41. The molecule has 1 aliphatic rings. The molecule has 3 heterocycles. The molecule has 0 saturated heterocycles. The summed E-state index contributed by atoms with van der Waals surface area (Å²) in [6.07, 6.45) is 3.31. The van der Waals surface area contributed by atoms with Crippen molar-refractivity contribution >= 4 is 65.9 Å². The van der Waals surface area contributed by atoms with Gasteiger partial charge in [0.15, 0.2) is 5.84 Å². The average Bonchev–Trinajstić information content (AvgIpc) is 3.47. The van der Waals surface area contributed by atoms with Crippen molar-refractivity contribution in [1.29, 1.82) is 0 Å². The summed E-state index contributed by atoms with van der Waals surface area (Å²) in [5.74, 6) is 1.44. The second-order valence-corrected chi connectivity index (χ2v) is 10.9. The molecule has 1 N–H and O–H groups in total. The number of pyridine rings is 1. The van der Waals surface area contributed by atoms with Crippen molar-refractivity contribution in [2.75, 3.05) is 0 Å². The number of aromatic nitrogens is 1. The van der Waals surface area contributed by atoms with E-state index < -0.39 is 0 Å². The van der Waals surface area contributed by atoms with Gasteiger partial charge in [-0.1, -0.05) is 103 Å². The first kappa shape index (κ1) is 23.9. The monoisotopic (exact) mass is 552 g/mol. The molecule has 1 aliphatic heterocycles. The van der Waals surface area contributed by atoms with Crippen molar-refractivity contribution in [2.45, 2.75) is 6.17 Å². The van der Waals surface area contributed by atoms with Gasteiger partial charge >= 0.3 is 0 Å². The number of amidine groups is 2. The van der Waals surface area contributed by atoms with Crippen molar-refractivity contribution in [3.8, 4) is 0 Å². The first-order valence-corrected chi connectivity index (χ1v) is 14.4. The SMILES string of the molecule is c1ccc(C2N=C(c3ccc4c(ccc5c6ccccc6ccc45)c3)N=C(c3cccc4oc5ccncc5c34)N2)cc1. The van der Waals surface area contributed by atoms with E-state index in [2.05, 4.69) is 95.2 Å². The predicted molar refractivity (Wildman–Crippen MR) is 176 cm³/mol. The first-order chi connectivity index (χ1) is 21.3. The second-order valence-electron chi connectivity index (χ2n) is 10.9. The molecule has 1 unspecified atom stereocenters.